The van der Waals surface area contributed by atoms with Crippen LogP contribution in [0.4, 0.5) is 0 Å². The van der Waals surface area contributed by atoms with Crippen LogP contribution in [0.1, 0.15) is 6.42 Å². The first-order valence-corrected chi connectivity index (χ1v) is 4.90. The zero-order valence-corrected chi connectivity index (χ0v) is 8.67. The van der Waals surface area contributed by atoms with Crippen molar-refractivity contribution in [2.24, 2.45) is 4.99 Å². The second kappa shape index (κ2) is 5.62. The Morgan fingerprint density at radius 3 is 2.40 bits per heavy atom. The lowest BCUT2D eigenvalue weighted by molar-refractivity contribution is -0.282. The van der Waals surface area contributed by atoms with E-state index in [1.807, 2.05) is 0 Å². The van der Waals surface area contributed by atoms with Gasteiger partial charge in [0.15, 0.2) is 6.29 Å². The van der Waals surface area contributed by atoms with Crippen LogP contribution in [-0.4, -0.2) is 62.8 Å². The molecule has 0 radical (unpaired) electrons. The summed E-state index contributed by atoms with van der Waals surface area (Å²) in [6.07, 6.45) is -6.15. The van der Waals surface area contributed by atoms with E-state index in [1.165, 1.54) is 0 Å². The summed E-state index contributed by atoms with van der Waals surface area (Å²) >= 11 is 4.35. The van der Waals surface area contributed by atoms with Crippen LogP contribution in [0.3, 0.4) is 0 Å². The second-order valence-corrected chi connectivity index (χ2v) is 3.48. The zero-order chi connectivity index (χ0) is 11.4. The van der Waals surface area contributed by atoms with Gasteiger partial charge in [0.05, 0.1) is 17.8 Å². The highest BCUT2D eigenvalue weighted by atomic mass is 32.1. The molecule has 1 aliphatic heterocycles. The lowest BCUT2D eigenvalue weighted by atomic mass is 9.97. The molecule has 1 saturated heterocycles. The zero-order valence-electron chi connectivity index (χ0n) is 7.85. The molecule has 1 fully saturated rings. The van der Waals surface area contributed by atoms with Crippen molar-refractivity contribution in [2.45, 2.75) is 37.1 Å². The minimum Gasteiger partial charge on any atom is -0.388 e. The van der Waals surface area contributed by atoms with Crippen molar-refractivity contribution in [1.82, 2.24) is 0 Å². The first-order chi connectivity index (χ1) is 7.07. The van der Waals surface area contributed by atoms with Crippen LogP contribution in [0.2, 0.25) is 0 Å². The third-order valence-electron chi connectivity index (χ3n) is 2.28. The van der Waals surface area contributed by atoms with Crippen LogP contribution in [-0.2, 0) is 4.74 Å². The molecule has 86 valence electrons. The number of hydrogen-bond acceptors (Lipinski definition) is 7. The van der Waals surface area contributed by atoms with Crippen molar-refractivity contribution in [3.8, 4) is 0 Å². The number of nitrogens with zero attached hydrogens (tertiary/aromatic N) is 1. The van der Waals surface area contributed by atoms with E-state index in [9.17, 15) is 15.3 Å². The molecule has 0 aromatic heterocycles. The fourth-order valence-electron chi connectivity index (χ4n) is 1.41. The van der Waals surface area contributed by atoms with Crippen LogP contribution in [0.15, 0.2) is 4.99 Å². The van der Waals surface area contributed by atoms with Gasteiger partial charge in [-0.05, 0) is 18.6 Å². The lowest BCUT2D eigenvalue weighted by Crippen LogP contribution is -2.57. The Kier molecular flexibility index (Phi) is 4.75. The molecular weight excluding hydrogens is 222 g/mol. The average molecular weight is 235 g/mol. The summed E-state index contributed by atoms with van der Waals surface area (Å²) in [7, 11) is 0. The van der Waals surface area contributed by atoms with Crippen LogP contribution >= 0.6 is 12.2 Å². The predicted octanol–water partition coefficient (Wildman–Crippen LogP) is -1.72. The smallest absolute Gasteiger partial charge is 0.183 e. The van der Waals surface area contributed by atoms with E-state index in [-0.39, 0.29) is 13.0 Å². The first kappa shape index (κ1) is 12.7. The molecule has 6 nitrogen and oxygen atoms in total. The summed E-state index contributed by atoms with van der Waals surface area (Å²) < 4.78 is 4.90. The third-order valence-corrected chi connectivity index (χ3v) is 2.41. The van der Waals surface area contributed by atoms with Gasteiger partial charge in [0, 0.05) is 0 Å². The van der Waals surface area contributed by atoms with Crippen molar-refractivity contribution in [2.75, 3.05) is 6.54 Å². The molecule has 0 aliphatic carbocycles. The van der Waals surface area contributed by atoms with E-state index >= 15 is 0 Å². The van der Waals surface area contributed by atoms with Gasteiger partial charge in [-0.25, -0.2) is 4.99 Å². The van der Waals surface area contributed by atoms with Crippen molar-refractivity contribution in [1.29, 1.82) is 0 Å². The molecule has 0 saturated carbocycles. The van der Waals surface area contributed by atoms with Gasteiger partial charge in [-0.3, -0.25) is 0 Å². The Morgan fingerprint density at radius 1 is 1.13 bits per heavy atom. The van der Waals surface area contributed by atoms with E-state index in [4.69, 9.17) is 9.84 Å². The van der Waals surface area contributed by atoms with Crippen molar-refractivity contribution < 1.29 is 25.2 Å². The molecule has 0 spiro atoms. The normalized spacial score (nSPS) is 40.9. The van der Waals surface area contributed by atoms with Crippen molar-refractivity contribution in [3.05, 3.63) is 0 Å². The lowest BCUT2D eigenvalue weighted by Gasteiger charge is -2.38. The maximum Gasteiger partial charge on any atom is 0.183 e. The number of rotatable bonds is 3. The summed E-state index contributed by atoms with van der Waals surface area (Å²) in [5.41, 5.74) is 0. The van der Waals surface area contributed by atoms with Gasteiger partial charge in [-0.15, -0.1) is 0 Å². The number of hydrogen-bond donors (Lipinski definition) is 4. The average Bonchev–Trinajstić information content (AvgIpc) is 2.23. The predicted molar refractivity (Wildman–Crippen MR) is 53.4 cm³/mol. The summed E-state index contributed by atoms with van der Waals surface area (Å²) in [5, 5.41) is 39.3. The van der Waals surface area contributed by atoms with E-state index in [1.54, 1.807) is 0 Å². The number of isothiocyanates is 1. The molecule has 0 unspecified atom stereocenters. The van der Waals surface area contributed by atoms with E-state index in [0.717, 1.165) is 0 Å². The van der Waals surface area contributed by atoms with Crippen molar-refractivity contribution >= 4 is 17.4 Å². The molecule has 7 heteroatoms. The Hall–Kier alpha value is -0.400. The maximum absolute atomic E-state index is 9.49. The largest absolute Gasteiger partial charge is 0.388 e. The van der Waals surface area contributed by atoms with Gasteiger partial charge in [-0.1, -0.05) is 0 Å². The molecule has 4 N–H and O–H groups in total. The molecule has 0 aromatic rings. The number of thiocarbonyl (C=S) groups is 1. The Bertz CT molecular complexity index is 257. The number of aliphatic hydroxyl groups is 4. The Balaban J connectivity index is 2.54. The molecule has 1 aliphatic rings. The summed E-state index contributed by atoms with van der Waals surface area (Å²) in [6.45, 7) is 0.279. The highest BCUT2D eigenvalue weighted by Crippen LogP contribution is 2.21. The van der Waals surface area contributed by atoms with Gasteiger partial charge in [0.2, 0.25) is 0 Å². The highest BCUT2D eigenvalue weighted by Gasteiger charge is 2.42. The SMILES string of the molecule is O[C@@H]1[C@@H](O)[C@@H](O)O[C@H](CCN=C=S)[C@H]1O. The summed E-state index contributed by atoms with van der Waals surface area (Å²) in [5.74, 6) is 0. The third kappa shape index (κ3) is 3.02. The van der Waals surface area contributed by atoms with E-state index in [2.05, 4.69) is 22.4 Å². The first-order valence-electron chi connectivity index (χ1n) is 4.49. The quantitative estimate of drug-likeness (QED) is 0.343. The van der Waals surface area contributed by atoms with Gasteiger partial charge < -0.3 is 25.2 Å². The fourth-order valence-corrected chi connectivity index (χ4v) is 1.50. The molecule has 0 amide bonds. The van der Waals surface area contributed by atoms with Crippen molar-refractivity contribution in [3.63, 3.8) is 0 Å². The molecule has 0 bridgehead atoms. The van der Waals surface area contributed by atoms with Crippen LogP contribution < -0.4 is 0 Å². The molecule has 1 rings (SSSR count). The maximum atomic E-state index is 9.49. The number of aliphatic hydroxyl groups excluding tert-OH is 4. The minimum atomic E-state index is -1.50. The van der Waals surface area contributed by atoms with Crippen LogP contribution in [0.5, 0.6) is 0 Å². The monoisotopic (exact) mass is 235 g/mol. The molecule has 5 atom stereocenters. The topological polar surface area (TPSA) is 103 Å². The molecular formula is C8H13NO5S. The molecule has 0 aromatic carbocycles. The summed E-state index contributed by atoms with van der Waals surface area (Å²) in [6, 6.07) is 0. The molecule has 1 heterocycles. The van der Waals surface area contributed by atoms with Gasteiger partial charge in [0.25, 0.3) is 0 Å². The minimum absolute atomic E-state index is 0.279. The standard InChI is InChI=1S/C8H13NO5S/c10-5-4(1-2-9-3-15)14-8(13)7(12)6(5)11/h4-8,10-13H,1-2H2/t4-,5-,6+,7-,8+/m1/s1. The van der Waals surface area contributed by atoms with E-state index in [0.29, 0.717) is 0 Å². The second-order valence-electron chi connectivity index (χ2n) is 3.30. The summed E-state index contributed by atoms with van der Waals surface area (Å²) in [4.78, 5) is 3.62. The van der Waals surface area contributed by atoms with Gasteiger partial charge in [-0.2, -0.15) is 0 Å². The van der Waals surface area contributed by atoms with Gasteiger partial charge in [0.1, 0.15) is 18.3 Å². The number of aliphatic imine (C=N–C) groups is 1. The fraction of sp³-hybridized carbons (Fsp3) is 0.875. The highest BCUT2D eigenvalue weighted by molar-refractivity contribution is 7.78. The van der Waals surface area contributed by atoms with Crippen LogP contribution in [0.25, 0.3) is 0 Å². The molecule has 15 heavy (non-hydrogen) atoms. The van der Waals surface area contributed by atoms with Crippen LogP contribution in [0, 0.1) is 0 Å². The Morgan fingerprint density at radius 2 is 1.80 bits per heavy atom. The Labute approximate surface area is 91.8 Å². The van der Waals surface area contributed by atoms with E-state index < -0.39 is 30.7 Å². The number of ether oxygens (including phenoxy) is 1. The van der Waals surface area contributed by atoms with Gasteiger partial charge >= 0.3 is 0 Å².